The molecule has 3 nitrogen and oxygen atoms in total. The Balaban J connectivity index is 1.70. The number of hydrogen-bond donors (Lipinski definition) is 2. The SMILES string of the molecule is Nc1cc(Cl)nc(NCCCC2CCCC2)c1. The summed E-state index contributed by atoms with van der Waals surface area (Å²) in [5.41, 5.74) is 6.35. The molecule has 0 radical (unpaired) electrons. The van der Waals surface area contributed by atoms with Crippen LogP contribution in [0.1, 0.15) is 38.5 Å². The standard InChI is InChI=1S/C13H20ClN3/c14-12-8-11(15)9-13(17-12)16-7-3-6-10-4-1-2-5-10/h8-10H,1-7H2,(H3,15,16,17). The number of nitrogens with two attached hydrogens (primary N) is 1. The Morgan fingerprint density at radius 2 is 2.12 bits per heavy atom. The van der Waals surface area contributed by atoms with Gasteiger partial charge in [-0.05, 0) is 24.8 Å². The minimum Gasteiger partial charge on any atom is -0.399 e. The van der Waals surface area contributed by atoms with Crippen LogP contribution in [0.15, 0.2) is 12.1 Å². The Bertz CT molecular complexity index is 341. The van der Waals surface area contributed by atoms with E-state index in [0.717, 1.165) is 18.3 Å². The van der Waals surface area contributed by atoms with Crippen LogP contribution < -0.4 is 11.1 Å². The summed E-state index contributed by atoms with van der Waals surface area (Å²) < 4.78 is 0. The second kappa shape index (κ2) is 6.10. The highest BCUT2D eigenvalue weighted by Gasteiger charge is 2.13. The van der Waals surface area contributed by atoms with Crippen molar-refractivity contribution in [2.24, 2.45) is 5.92 Å². The molecule has 94 valence electrons. The number of nitrogens with one attached hydrogen (secondary N) is 1. The van der Waals surface area contributed by atoms with E-state index in [1.165, 1.54) is 38.5 Å². The third-order valence-electron chi connectivity index (χ3n) is 3.39. The van der Waals surface area contributed by atoms with Crippen LogP contribution >= 0.6 is 11.6 Å². The van der Waals surface area contributed by atoms with Gasteiger partial charge in [0.1, 0.15) is 11.0 Å². The molecule has 1 aliphatic rings. The highest BCUT2D eigenvalue weighted by molar-refractivity contribution is 6.29. The summed E-state index contributed by atoms with van der Waals surface area (Å²) in [7, 11) is 0. The van der Waals surface area contributed by atoms with Gasteiger partial charge < -0.3 is 11.1 Å². The summed E-state index contributed by atoms with van der Waals surface area (Å²) in [4.78, 5) is 4.18. The second-order valence-electron chi connectivity index (χ2n) is 4.83. The molecule has 17 heavy (non-hydrogen) atoms. The molecule has 4 heteroatoms. The van der Waals surface area contributed by atoms with Crippen molar-refractivity contribution in [2.75, 3.05) is 17.6 Å². The van der Waals surface area contributed by atoms with Gasteiger partial charge in [-0.2, -0.15) is 0 Å². The molecule has 0 spiro atoms. The lowest BCUT2D eigenvalue weighted by atomic mass is 10.0. The zero-order valence-corrected chi connectivity index (χ0v) is 10.8. The smallest absolute Gasteiger partial charge is 0.133 e. The molecule has 0 bridgehead atoms. The maximum Gasteiger partial charge on any atom is 0.133 e. The summed E-state index contributed by atoms with van der Waals surface area (Å²) in [6.45, 7) is 0.948. The van der Waals surface area contributed by atoms with Crippen LogP contribution in [0.2, 0.25) is 5.15 Å². The van der Waals surface area contributed by atoms with Crippen molar-refractivity contribution >= 4 is 23.1 Å². The molecule has 0 saturated heterocycles. The van der Waals surface area contributed by atoms with Crippen molar-refractivity contribution in [1.29, 1.82) is 0 Å². The van der Waals surface area contributed by atoms with Gasteiger partial charge in [-0.15, -0.1) is 0 Å². The normalized spacial score (nSPS) is 16.3. The highest BCUT2D eigenvalue weighted by atomic mass is 35.5. The van der Waals surface area contributed by atoms with Crippen LogP contribution in [-0.4, -0.2) is 11.5 Å². The number of aromatic nitrogens is 1. The Morgan fingerprint density at radius 1 is 1.35 bits per heavy atom. The van der Waals surface area contributed by atoms with Crippen LogP contribution in [0.4, 0.5) is 11.5 Å². The van der Waals surface area contributed by atoms with E-state index in [2.05, 4.69) is 10.3 Å². The predicted molar refractivity (Wildman–Crippen MR) is 73.3 cm³/mol. The van der Waals surface area contributed by atoms with Crippen molar-refractivity contribution < 1.29 is 0 Å². The van der Waals surface area contributed by atoms with Crippen LogP contribution in [0, 0.1) is 5.92 Å². The van der Waals surface area contributed by atoms with Gasteiger partial charge in [-0.25, -0.2) is 4.98 Å². The molecule has 1 fully saturated rings. The molecule has 1 saturated carbocycles. The van der Waals surface area contributed by atoms with Gasteiger partial charge >= 0.3 is 0 Å². The van der Waals surface area contributed by atoms with E-state index in [1.807, 2.05) is 6.07 Å². The molecular formula is C13H20ClN3. The first-order chi connectivity index (χ1) is 8.24. The van der Waals surface area contributed by atoms with Crippen LogP contribution in [-0.2, 0) is 0 Å². The minimum atomic E-state index is 0.447. The molecule has 1 aliphatic carbocycles. The van der Waals surface area contributed by atoms with E-state index < -0.39 is 0 Å². The minimum absolute atomic E-state index is 0.447. The first-order valence-corrected chi connectivity index (χ1v) is 6.79. The fraction of sp³-hybridized carbons (Fsp3) is 0.615. The van der Waals surface area contributed by atoms with Crippen LogP contribution in [0.3, 0.4) is 0 Å². The van der Waals surface area contributed by atoms with E-state index in [0.29, 0.717) is 10.8 Å². The van der Waals surface area contributed by atoms with Gasteiger partial charge in [0.15, 0.2) is 0 Å². The van der Waals surface area contributed by atoms with E-state index in [4.69, 9.17) is 17.3 Å². The Hall–Kier alpha value is -0.960. The van der Waals surface area contributed by atoms with Crippen molar-refractivity contribution in [3.63, 3.8) is 0 Å². The Labute approximate surface area is 108 Å². The Morgan fingerprint density at radius 3 is 2.82 bits per heavy atom. The first kappa shape index (κ1) is 12.5. The molecule has 0 atom stereocenters. The van der Waals surface area contributed by atoms with Crippen molar-refractivity contribution in [2.45, 2.75) is 38.5 Å². The van der Waals surface area contributed by atoms with E-state index in [1.54, 1.807) is 6.07 Å². The van der Waals surface area contributed by atoms with Gasteiger partial charge in [-0.1, -0.05) is 37.3 Å². The summed E-state index contributed by atoms with van der Waals surface area (Å²) in [6, 6.07) is 3.48. The van der Waals surface area contributed by atoms with Gasteiger partial charge in [-0.3, -0.25) is 0 Å². The fourth-order valence-corrected chi connectivity index (χ4v) is 2.73. The fourth-order valence-electron chi connectivity index (χ4n) is 2.51. The number of rotatable bonds is 5. The number of anilines is 2. The van der Waals surface area contributed by atoms with Crippen LogP contribution in [0.5, 0.6) is 0 Å². The van der Waals surface area contributed by atoms with Gasteiger partial charge in [0.25, 0.3) is 0 Å². The van der Waals surface area contributed by atoms with Gasteiger partial charge in [0.05, 0.1) is 0 Å². The first-order valence-electron chi connectivity index (χ1n) is 6.41. The van der Waals surface area contributed by atoms with Crippen molar-refractivity contribution in [3.05, 3.63) is 17.3 Å². The lowest BCUT2D eigenvalue weighted by molar-refractivity contribution is 0.491. The quantitative estimate of drug-likeness (QED) is 0.621. The van der Waals surface area contributed by atoms with Gasteiger partial charge in [0, 0.05) is 18.3 Å². The topological polar surface area (TPSA) is 50.9 Å². The van der Waals surface area contributed by atoms with E-state index in [-0.39, 0.29) is 0 Å². The molecule has 0 aromatic carbocycles. The zero-order chi connectivity index (χ0) is 12.1. The molecule has 1 aromatic heterocycles. The van der Waals surface area contributed by atoms with E-state index in [9.17, 15) is 0 Å². The monoisotopic (exact) mass is 253 g/mol. The maximum absolute atomic E-state index is 5.84. The summed E-state index contributed by atoms with van der Waals surface area (Å²) in [6.07, 6.45) is 8.20. The van der Waals surface area contributed by atoms with Gasteiger partial charge in [0.2, 0.25) is 0 Å². The lowest BCUT2D eigenvalue weighted by Crippen LogP contribution is -2.06. The lowest BCUT2D eigenvalue weighted by Gasteiger charge is -2.10. The molecular weight excluding hydrogens is 234 g/mol. The summed E-state index contributed by atoms with van der Waals surface area (Å²) >= 11 is 5.84. The number of halogens is 1. The molecule has 1 heterocycles. The maximum atomic E-state index is 5.84. The molecule has 0 aliphatic heterocycles. The van der Waals surface area contributed by atoms with E-state index >= 15 is 0 Å². The molecule has 3 N–H and O–H groups in total. The molecule has 0 unspecified atom stereocenters. The van der Waals surface area contributed by atoms with Crippen molar-refractivity contribution in [3.8, 4) is 0 Å². The average molecular weight is 254 g/mol. The second-order valence-corrected chi connectivity index (χ2v) is 5.22. The molecule has 0 amide bonds. The number of pyridine rings is 1. The summed E-state index contributed by atoms with van der Waals surface area (Å²) in [5, 5.41) is 3.72. The highest BCUT2D eigenvalue weighted by Crippen LogP contribution is 2.28. The van der Waals surface area contributed by atoms with Crippen molar-refractivity contribution in [1.82, 2.24) is 4.98 Å². The average Bonchev–Trinajstić information content (AvgIpc) is 2.76. The predicted octanol–water partition coefficient (Wildman–Crippen LogP) is 3.70. The number of nitrogens with zero attached hydrogens (tertiary/aromatic N) is 1. The Kier molecular flexibility index (Phi) is 4.49. The summed E-state index contributed by atoms with van der Waals surface area (Å²) in [5.74, 6) is 1.73. The largest absolute Gasteiger partial charge is 0.399 e. The zero-order valence-electron chi connectivity index (χ0n) is 10.1. The number of nitrogen functional groups attached to an aromatic ring is 1. The number of hydrogen-bond acceptors (Lipinski definition) is 3. The third-order valence-corrected chi connectivity index (χ3v) is 3.58. The van der Waals surface area contributed by atoms with Crippen LogP contribution in [0.25, 0.3) is 0 Å². The molecule has 1 aromatic rings. The molecule has 2 rings (SSSR count). The third kappa shape index (κ3) is 4.08.